The highest BCUT2D eigenvalue weighted by molar-refractivity contribution is 5.16. The lowest BCUT2D eigenvalue weighted by atomic mass is 10.4. The molecule has 0 bridgehead atoms. The highest BCUT2D eigenvalue weighted by Crippen LogP contribution is 1.90. The van der Waals surface area contributed by atoms with Gasteiger partial charge in [0.1, 0.15) is 6.07 Å². The van der Waals surface area contributed by atoms with Gasteiger partial charge in [-0.25, -0.2) is 0 Å². The monoisotopic (exact) mass is 123 g/mol. The summed E-state index contributed by atoms with van der Waals surface area (Å²) in [6.07, 6.45) is 0. The molecule has 1 heterocycles. The van der Waals surface area contributed by atoms with Gasteiger partial charge in [0.2, 0.25) is 5.95 Å². The zero-order chi connectivity index (χ0) is 6.69. The largest absolute Gasteiger partial charge is 0.233 e. The average Bonchev–Trinajstić information content (AvgIpc) is 1.90. The Morgan fingerprint density at radius 1 is 1.44 bits per heavy atom. The Morgan fingerprint density at radius 2 is 2.22 bits per heavy atom. The van der Waals surface area contributed by atoms with Crippen LogP contribution < -0.4 is 0 Å². The van der Waals surface area contributed by atoms with Crippen molar-refractivity contribution in [2.45, 2.75) is 0 Å². The van der Waals surface area contributed by atoms with Gasteiger partial charge in [0.15, 0.2) is 5.69 Å². The van der Waals surface area contributed by atoms with E-state index < -0.39 is 5.95 Å². The lowest BCUT2D eigenvalue weighted by Gasteiger charge is -1.82. The summed E-state index contributed by atoms with van der Waals surface area (Å²) in [5.41, 5.74) is 0.122. The molecule has 0 fully saturated rings. The van der Waals surface area contributed by atoms with Crippen molar-refractivity contribution < 1.29 is 4.39 Å². The summed E-state index contributed by atoms with van der Waals surface area (Å²) in [7, 11) is 0. The molecule has 3 nitrogen and oxygen atoms in total. The Labute approximate surface area is 50.8 Å². The summed E-state index contributed by atoms with van der Waals surface area (Å²) in [4.78, 5) is 0. The first kappa shape index (κ1) is 5.63. The van der Waals surface area contributed by atoms with E-state index in [2.05, 4.69) is 10.2 Å². The third kappa shape index (κ3) is 1.19. The van der Waals surface area contributed by atoms with E-state index in [0.29, 0.717) is 0 Å². The quantitative estimate of drug-likeness (QED) is 0.504. The number of halogens is 1. The lowest BCUT2D eigenvalue weighted by molar-refractivity contribution is 0.562. The Hall–Kier alpha value is -1.50. The van der Waals surface area contributed by atoms with Crippen LogP contribution in [0.1, 0.15) is 5.69 Å². The van der Waals surface area contributed by atoms with Crippen molar-refractivity contribution in [2.24, 2.45) is 0 Å². The molecule has 0 aromatic carbocycles. The molecule has 1 aromatic rings. The second-order valence-corrected chi connectivity index (χ2v) is 1.35. The number of nitriles is 1. The molecule has 44 valence electrons. The van der Waals surface area contributed by atoms with Crippen molar-refractivity contribution in [1.82, 2.24) is 10.2 Å². The fraction of sp³-hybridized carbons (Fsp3) is 0. The molecule has 0 unspecified atom stereocenters. The van der Waals surface area contributed by atoms with Gasteiger partial charge in [-0.05, 0) is 12.1 Å². The maximum atomic E-state index is 11.9. The molecule has 0 aliphatic heterocycles. The van der Waals surface area contributed by atoms with E-state index >= 15 is 0 Å². The van der Waals surface area contributed by atoms with Gasteiger partial charge in [0.25, 0.3) is 0 Å². The molecular formula is C5H2FN3. The van der Waals surface area contributed by atoms with Crippen molar-refractivity contribution in [3.05, 3.63) is 23.8 Å². The summed E-state index contributed by atoms with van der Waals surface area (Å²) >= 11 is 0. The van der Waals surface area contributed by atoms with Crippen molar-refractivity contribution in [2.75, 3.05) is 0 Å². The summed E-state index contributed by atoms with van der Waals surface area (Å²) in [6, 6.07) is 4.07. The Morgan fingerprint density at radius 3 is 2.67 bits per heavy atom. The number of hydrogen-bond acceptors (Lipinski definition) is 3. The van der Waals surface area contributed by atoms with E-state index in [1.54, 1.807) is 6.07 Å². The zero-order valence-corrected chi connectivity index (χ0v) is 4.37. The maximum Gasteiger partial charge on any atom is 0.233 e. The van der Waals surface area contributed by atoms with Gasteiger partial charge in [-0.15, -0.1) is 10.2 Å². The second kappa shape index (κ2) is 2.18. The minimum absolute atomic E-state index is 0.122. The van der Waals surface area contributed by atoms with E-state index in [9.17, 15) is 4.39 Å². The molecule has 1 rings (SSSR count). The molecule has 4 heteroatoms. The van der Waals surface area contributed by atoms with Gasteiger partial charge in [0, 0.05) is 0 Å². The minimum atomic E-state index is -0.672. The average molecular weight is 123 g/mol. The van der Waals surface area contributed by atoms with Crippen molar-refractivity contribution in [3.63, 3.8) is 0 Å². The number of hydrogen-bond donors (Lipinski definition) is 0. The topological polar surface area (TPSA) is 49.6 Å². The standard InChI is InChI=1S/C5H2FN3/c6-5-2-1-4(3-7)8-9-5/h1-2H. The zero-order valence-electron chi connectivity index (χ0n) is 4.37. The van der Waals surface area contributed by atoms with Crippen LogP contribution in [-0.4, -0.2) is 10.2 Å². The minimum Gasteiger partial charge on any atom is -0.191 e. The predicted molar refractivity (Wildman–Crippen MR) is 26.7 cm³/mol. The van der Waals surface area contributed by atoms with Crippen LogP contribution in [0.4, 0.5) is 4.39 Å². The van der Waals surface area contributed by atoms with E-state index in [1.807, 2.05) is 0 Å². The van der Waals surface area contributed by atoms with Gasteiger partial charge in [-0.3, -0.25) is 0 Å². The fourth-order valence-electron chi connectivity index (χ4n) is 0.376. The van der Waals surface area contributed by atoms with E-state index in [0.717, 1.165) is 6.07 Å². The Kier molecular flexibility index (Phi) is 1.36. The molecule has 0 N–H and O–H groups in total. The molecule has 0 saturated heterocycles. The van der Waals surface area contributed by atoms with Crippen LogP contribution >= 0.6 is 0 Å². The highest BCUT2D eigenvalue weighted by Gasteiger charge is 1.91. The summed E-state index contributed by atoms with van der Waals surface area (Å²) in [5.74, 6) is -0.672. The summed E-state index contributed by atoms with van der Waals surface area (Å²) in [5, 5.41) is 14.4. The first-order valence-electron chi connectivity index (χ1n) is 2.22. The van der Waals surface area contributed by atoms with Gasteiger partial charge < -0.3 is 0 Å². The van der Waals surface area contributed by atoms with E-state index in [4.69, 9.17) is 5.26 Å². The number of aromatic nitrogens is 2. The number of nitrogens with zero attached hydrogens (tertiary/aromatic N) is 3. The van der Waals surface area contributed by atoms with Crippen LogP contribution in [0.25, 0.3) is 0 Å². The molecule has 0 spiro atoms. The first-order chi connectivity index (χ1) is 4.33. The molecule has 1 aromatic heterocycles. The maximum absolute atomic E-state index is 11.9. The second-order valence-electron chi connectivity index (χ2n) is 1.35. The van der Waals surface area contributed by atoms with Crippen LogP contribution in [0.2, 0.25) is 0 Å². The summed E-state index contributed by atoms with van der Waals surface area (Å²) in [6.45, 7) is 0. The van der Waals surface area contributed by atoms with Crippen molar-refractivity contribution in [3.8, 4) is 6.07 Å². The number of rotatable bonds is 0. The van der Waals surface area contributed by atoms with Crippen molar-refractivity contribution in [1.29, 1.82) is 5.26 Å². The molecular weight excluding hydrogens is 121 g/mol. The summed E-state index contributed by atoms with van der Waals surface area (Å²) < 4.78 is 11.9. The van der Waals surface area contributed by atoms with Gasteiger partial charge in [-0.2, -0.15) is 9.65 Å². The van der Waals surface area contributed by atoms with Crippen LogP contribution in [0.3, 0.4) is 0 Å². The van der Waals surface area contributed by atoms with Gasteiger partial charge in [-0.1, -0.05) is 0 Å². The molecule has 0 atom stereocenters. The van der Waals surface area contributed by atoms with E-state index in [-0.39, 0.29) is 5.69 Å². The fourth-order valence-corrected chi connectivity index (χ4v) is 0.376. The molecule has 0 aliphatic carbocycles. The Bertz CT molecular complexity index is 235. The van der Waals surface area contributed by atoms with Crippen LogP contribution in [0.15, 0.2) is 12.1 Å². The van der Waals surface area contributed by atoms with Crippen molar-refractivity contribution >= 4 is 0 Å². The molecule has 9 heavy (non-hydrogen) atoms. The molecule has 0 amide bonds. The third-order valence-electron chi connectivity index (χ3n) is 0.747. The smallest absolute Gasteiger partial charge is 0.191 e. The lowest BCUT2D eigenvalue weighted by Crippen LogP contribution is -1.88. The molecule has 0 saturated carbocycles. The van der Waals surface area contributed by atoms with Gasteiger partial charge in [0.05, 0.1) is 0 Å². The van der Waals surface area contributed by atoms with Crippen LogP contribution in [-0.2, 0) is 0 Å². The Balaban J connectivity index is 3.06. The van der Waals surface area contributed by atoms with Crippen LogP contribution in [0, 0.1) is 17.3 Å². The normalized spacial score (nSPS) is 8.44. The van der Waals surface area contributed by atoms with E-state index in [1.165, 1.54) is 6.07 Å². The van der Waals surface area contributed by atoms with Gasteiger partial charge >= 0.3 is 0 Å². The molecule has 0 radical (unpaired) electrons. The highest BCUT2D eigenvalue weighted by atomic mass is 19.1. The SMILES string of the molecule is N#Cc1ccc(F)nn1. The predicted octanol–water partition coefficient (Wildman–Crippen LogP) is 0.487. The van der Waals surface area contributed by atoms with Crippen LogP contribution in [0.5, 0.6) is 0 Å². The molecule has 0 aliphatic rings. The third-order valence-corrected chi connectivity index (χ3v) is 0.747. The first-order valence-corrected chi connectivity index (χ1v) is 2.22.